The third-order valence-electron chi connectivity index (χ3n) is 3.68. The molecule has 0 aliphatic rings. The highest BCUT2D eigenvalue weighted by molar-refractivity contribution is 7.18. The fraction of sp³-hybridized carbons (Fsp3) is 0.188. The molecule has 22 heavy (non-hydrogen) atoms. The first kappa shape index (κ1) is 14.5. The van der Waals surface area contributed by atoms with Crippen LogP contribution in [0, 0.1) is 13.8 Å². The van der Waals surface area contributed by atoms with E-state index in [2.05, 4.69) is 4.98 Å². The predicted octanol–water partition coefficient (Wildman–Crippen LogP) is 2.82. The zero-order chi connectivity index (χ0) is 15.9. The van der Waals surface area contributed by atoms with Gasteiger partial charge >= 0.3 is 5.97 Å². The van der Waals surface area contributed by atoms with Crippen LogP contribution in [0.1, 0.15) is 26.4 Å². The van der Waals surface area contributed by atoms with Crippen molar-refractivity contribution in [1.82, 2.24) is 9.55 Å². The van der Waals surface area contributed by atoms with Crippen molar-refractivity contribution in [3.63, 3.8) is 0 Å². The van der Waals surface area contributed by atoms with Gasteiger partial charge in [0, 0.05) is 4.88 Å². The van der Waals surface area contributed by atoms with Crippen molar-refractivity contribution in [2.75, 3.05) is 0 Å². The molecule has 1 aromatic carbocycles. The molecule has 0 aliphatic carbocycles. The molecule has 112 valence electrons. The van der Waals surface area contributed by atoms with Crippen LogP contribution in [-0.2, 0) is 6.54 Å². The monoisotopic (exact) mass is 314 g/mol. The van der Waals surface area contributed by atoms with Crippen LogP contribution < -0.4 is 5.56 Å². The Hall–Kier alpha value is -2.47. The van der Waals surface area contributed by atoms with Crippen molar-refractivity contribution in [1.29, 1.82) is 0 Å². The van der Waals surface area contributed by atoms with E-state index < -0.39 is 5.97 Å². The van der Waals surface area contributed by atoms with Gasteiger partial charge in [-0.05, 0) is 37.1 Å². The van der Waals surface area contributed by atoms with Gasteiger partial charge in [0.05, 0.1) is 23.8 Å². The third kappa shape index (κ3) is 2.42. The molecule has 0 saturated heterocycles. The molecule has 2 aromatic heterocycles. The maximum Gasteiger partial charge on any atom is 0.335 e. The Kier molecular flexibility index (Phi) is 3.54. The van der Waals surface area contributed by atoms with E-state index >= 15 is 0 Å². The maximum atomic E-state index is 12.6. The first-order valence-corrected chi connectivity index (χ1v) is 7.56. The second kappa shape index (κ2) is 5.38. The quantitative estimate of drug-likeness (QED) is 0.807. The number of carboxylic acids is 1. The van der Waals surface area contributed by atoms with Gasteiger partial charge in [0.25, 0.3) is 5.56 Å². The molecule has 0 aliphatic heterocycles. The number of aromatic nitrogens is 2. The highest BCUT2D eigenvalue weighted by Crippen LogP contribution is 2.25. The van der Waals surface area contributed by atoms with Crippen LogP contribution in [0.3, 0.4) is 0 Å². The first-order valence-electron chi connectivity index (χ1n) is 6.74. The fourth-order valence-corrected chi connectivity index (χ4v) is 3.37. The maximum absolute atomic E-state index is 12.6. The molecule has 0 radical (unpaired) electrons. The van der Waals surface area contributed by atoms with Crippen molar-refractivity contribution >= 4 is 27.5 Å². The van der Waals surface area contributed by atoms with Gasteiger partial charge in [0.1, 0.15) is 4.83 Å². The van der Waals surface area contributed by atoms with Crippen LogP contribution in [-0.4, -0.2) is 20.6 Å². The number of thiophene rings is 1. The zero-order valence-corrected chi connectivity index (χ0v) is 13.0. The molecule has 3 rings (SSSR count). The minimum absolute atomic E-state index is 0.0902. The largest absolute Gasteiger partial charge is 0.478 e. The average molecular weight is 314 g/mol. The summed E-state index contributed by atoms with van der Waals surface area (Å²) >= 11 is 1.51. The van der Waals surface area contributed by atoms with E-state index in [9.17, 15) is 9.59 Å². The normalized spacial score (nSPS) is 11.0. The number of aromatic carboxylic acids is 1. The van der Waals surface area contributed by atoms with Crippen molar-refractivity contribution < 1.29 is 9.90 Å². The van der Waals surface area contributed by atoms with E-state index in [0.717, 1.165) is 20.8 Å². The van der Waals surface area contributed by atoms with Gasteiger partial charge in [0.15, 0.2) is 0 Å². The Morgan fingerprint density at radius 1 is 1.36 bits per heavy atom. The van der Waals surface area contributed by atoms with E-state index in [1.807, 2.05) is 13.8 Å². The van der Waals surface area contributed by atoms with Crippen molar-refractivity contribution in [2.24, 2.45) is 0 Å². The highest BCUT2D eigenvalue weighted by atomic mass is 32.1. The van der Waals surface area contributed by atoms with Gasteiger partial charge in [0.2, 0.25) is 0 Å². The summed E-state index contributed by atoms with van der Waals surface area (Å²) in [7, 11) is 0. The number of aryl methyl sites for hydroxylation is 2. The summed E-state index contributed by atoms with van der Waals surface area (Å²) in [6, 6.07) is 6.58. The molecule has 0 amide bonds. The van der Waals surface area contributed by atoms with Crippen molar-refractivity contribution in [3.8, 4) is 0 Å². The Morgan fingerprint density at radius 3 is 2.86 bits per heavy atom. The van der Waals surface area contributed by atoms with Gasteiger partial charge in [-0.2, -0.15) is 0 Å². The van der Waals surface area contributed by atoms with Gasteiger partial charge in [-0.1, -0.05) is 12.1 Å². The lowest BCUT2D eigenvalue weighted by Crippen LogP contribution is -2.21. The topological polar surface area (TPSA) is 72.2 Å². The molecule has 2 heterocycles. The number of benzene rings is 1. The average Bonchev–Trinajstić information content (AvgIpc) is 2.78. The standard InChI is InChI=1S/C16H14N2O3S/c1-9-10(2)22-14-13(9)15(19)18(8-17-14)7-11-4-3-5-12(6-11)16(20)21/h3-6,8H,7H2,1-2H3,(H,20,21). The number of carboxylic acid groups (broad SMARTS) is 1. The predicted molar refractivity (Wildman–Crippen MR) is 85.9 cm³/mol. The lowest BCUT2D eigenvalue weighted by molar-refractivity contribution is 0.0696. The molecule has 3 aromatic rings. The number of fused-ring (bicyclic) bond motifs is 1. The zero-order valence-electron chi connectivity index (χ0n) is 12.2. The molecule has 1 N–H and O–H groups in total. The third-order valence-corrected chi connectivity index (χ3v) is 4.80. The minimum atomic E-state index is -0.980. The molecule has 5 nitrogen and oxygen atoms in total. The number of nitrogens with zero attached hydrogens (tertiary/aromatic N) is 2. The molecule has 0 spiro atoms. The van der Waals surface area contributed by atoms with Crippen molar-refractivity contribution in [3.05, 3.63) is 62.5 Å². The molecular formula is C16H14N2O3S. The summed E-state index contributed by atoms with van der Waals surface area (Å²) < 4.78 is 1.52. The van der Waals surface area contributed by atoms with Crippen molar-refractivity contribution in [2.45, 2.75) is 20.4 Å². The molecule has 0 fully saturated rings. The minimum Gasteiger partial charge on any atom is -0.478 e. The van der Waals surface area contributed by atoms with Crippen LogP contribution in [0.15, 0.2) is 35.4 Å². The van der Waals surface area contributed by atoms with Crippen LogP contribution in [0.25, 0.3) is 10.2 Å². The Bertz CT molecular complexity index is 940. The molecule has 0 bridgehead atoms. The molecule has 0 saturated carbocycles. The second-order valence-corrected chi connectivity index (χ2v) is 6.35. The Morgan fingerprint density at radius 2 is 2.14 bits per heavy atom. The highest BCUT2D eigenvalue weighted by Gasteiger charge is 2.12. The number of carbonyl (C=O) groups is 1. The van der Waals surface area contributed by atoms with Crippen LogP contribution in [0.4, 0.5) is 0 Å². The van der Waals surface area contributed by atoms with E-state index in [-0.39, 0.29) is 11.1 Å². The van der Waals surface area contributed by atoms with E-state index in [4.69, 9.17) is 5.11 Å². The van der Waals surface area contributed by atoms with E-state index in [1.54, 1.807) is 18.2 Å². The Balaban J connectivity index is 2.06. The summed E-state index contributed by atoms with van der Waals surface area (Å²) in [5, 5.41) is 9.68. The lowest BCUT2D eigenvalue weighted by Gasteiger charge is -2.06. The van der Waals surface area contributed by atoms with Crippen LogP contribution >= 0.6 is 11.3 Å². The summed E-state index contributed by atoms with van der Waals surface area (Å²) in [4.78, 5) is 29.8. The van der Waals surface area contributed by atoms with Gasteiger partial charge in [-0.25, -0.2) is 9.78 Å². The summed E-state index contributed by atoms with van der Waals surface area (Å²) in [5.41, 5.74) is 1.84. The summed E-state index contributed by atoms with van der Waals surface area (Å²) in [5.74, 6) is -0.980. The lowest BCUT2D eigenvalue weighted by atomic mass is 10.1. The molecule has 0 atom stereocenters. The van der Waals surface area contributed by atoms with Crippen LogP contribution in [0.2, 0.25) is 0 Å². The summed E-state index contributed by atoms with van der Waals surface area (Å²) in [6.07, 6.45) is 1.52. The second-order valence-electron chi connectivity index (χ2n) is 5.15. The fourth-order valence-electron chi connectivity index (χ4n) is 2.38. The number of rotatable bonds is 3. The number of hydrogen-bond donors (Lipinski definition) is 1. The molecule has 6 heteroatoms. The van der Waals surface area contributed by atoms with E-state index in [0.29, 0.717) is 11.9 Å². The Labute approximate surface area is 130 Å². The smallest absolute Gasteiger partial charge is 0.335 e. The van der Waals surface area contributed by atoms with E-state index in [1.165, 1.54) is 28.3 Å². The molecular weight excluding hydrogens is 300 g/mol. The van der Waals surface area contributed by atoms with Gasteiger partial charge < -0.3 is 5.11 Å². The first-order chi connectivity index (χ1) is 10.5. The SMILES string of the molecule is Cc1sc2ncn(Cc3cccc(C(=O)O)c3)c(=O)c2c1C. The summed E-state index contributed by atoms with van der Waals surface area (Å²) in [6.45, 7) is 4.20. The van der Waals surface area contributed by atoms with Gasteiger partial charge in [-0.3, -0.25) is 9.36 Å². The van der Waals surface area contributed by atoms with Crippen LogP contribution in [0.5, 0.6) is 0 Å². The number of hydrogen-bond acceptors (Lipinski definition) is 4. The molecule has 0 unspecified atom stereocenters. The van der Waals surface area contributed by atoms with Gasteiger partial charge in [-0.15, -0.1) is 11.3 Å².